The third kappa shape index (κ3) is 12.2. The SMILES string of the molecule is NC(=O)c1cc(I)cc(I)c1I.O=C(O)CCCC(=O)ON1C(=O)CCC1=O.OCCO. The Morgan fingerprint density at radius 2 is 1.53 bits per heavy atom. The first-order valence-corrected chi connectivity index (χ1v) is 12.1. The molecule has 32 heavy (non-hydrogen) atoms. The molecule has 1 aromatic rings. The number of hydrogen-bond donors (Lipinski definition) is 4. The van der Waals surface area contributed by atoms with E-state index in [9.17, 15) is 24.0 Å². The molecule has 1 aliphatic heterocycles. The number of carboxylic acid groups (broad SMARTS) is 1. The van der Waals surface area contributed by atoms with Crippen LogP contribution in [0.2, 0.25) is 0 Å². The molecule has 0 bridgehead atoms. The highest BCUT2D eigenvalue weighted by Gasteiger charge is 2.32. The molecule has 11 nitrogen and oxygen atoms in total. The predicted molar refractivity (Wildman–Crippen MR) is 136 cm³/mol. The van der Waals surface area contributed by atoms with Crippen molar-refractivity contribution in [3.05, 3.63) is 28.4 Å². The quantitative estimate of drug-likeness (QED) is 0.180. The number of nitrogens with two attached hydrogens (primary N) is 1. The summed E-state index contributed by atoms with van der Waals surface area (Å²) < 4.78 is 3.03. The standard InChI is InChI=1S/C9H11NO6.C7H4I3NO.C2H6O2/c11-6-4-5-7(12)10(6)16-9(15)3-1-2-8(13)14;8-3-1-4(7(11)12)6(10)5(9)2-3;3-1-2-4/h1-5H2,(H,13,14);1-2H,(H2,11,12);3-4H,1-2H2. The van der Waals surface area contributed by atoms with Gasteiger partial charge in [-0.05, 0) is 86.3 Å². The van der Waals surface area contributed by atoms with Crippen molar-refractivity contribution in [2.75, 3.05) is 13.2 Å². The second-order valence-corrected chi connectivity index (χ2v) is 9.34. The van der Waals surface area contributed by atoms with Crippen LogP contribution in [0.5, 0.6) is 0 Å². The number of aliphatic carboxylic acids is 1. The van der Waals surface area contributed by atoms with Gasteiger partial charge in [0.25, 0.3) is 11.8 Å². The number of carboxylic acids is 1. The fourth-order valence-electron chi connectivity index (χ4n) is 1.92. The molecule has 14 heteroatoms. The summed E-state index contributed by atoms with van der Waals surface area (Å²) in [5.74, 6) is -3.24. The molecular weight excluding hydrogens is 769 g/mol. The third-order valence-electron chi connectivity index (χ3n) is 3.33. The number of imide groups is 1. The van der Waals surface area contributed by atoms with E-state index in [4.69, 9.17) is 21.1 Å². The van der Waals surface area contributed by atoms with E-state index < -0.39 is 23.8 Å². The average Bonchev–Trinajstić information content (AvgIpc) is 3.03. The lowest BCUT2D eigenvalue weighted by Gasteiger charge is -2.11. The lowest BCUT2D eigenvalue weighted by molar-refractivity contribution is -0.197. The van der Waals surface area contributed by atoms with E-state index in [1.165, 1.54) is 0 Å². The fourth-order valence-corrected chi connectivity index (χ4v) is 4.35. The van der Waals surface area contributed by atoms with E-state index >= 15 is 0 Å². The van der Waals surface area contributed by atoms with Crippen molar-refractivity contribution in [3.8, 4) is 0 Å². The van der Waals surface area contributed by atoms with Crippen LogP contribution < -0.4 is 5.73 Å². The van der Waals surface area contributed by atoms with Crippen LogP contribution in [0.4, 0.5) is 0 Å². The van der Waals surface area contributed by atoms with Crippen LogP contribution in [-0.4, -0.2) is 63.3 Å². The highest BCUT2D eigenvalue weighted by atomic mass is 127. The van der Waals surface area contributed by atoms with E-state index in [1.54, 1.807) is 6.07 Å². The topological polar surface area (TPSA) is 185 Å². The van der Waals surface area contributed by atoms with Gasteiger partial charge < -0.3 is 25.9 Å². The summed E-state index contributed by atoms with van der Waals surface area (Å²) >= 11 is 6.48. The minimum atomic E-state index is -1.01. The second-order valence-electron chi connectivity index (χ2n) is 5.85. The lowest BCUT2D eigenvalue weighted by Crippen LogP contribution is -2.32. The fraction of sp³-hybridized carbons (Fsp3) is 0.389. The first-order valence-electron chi connectivity index (χ1n) is 8.89. The molecule has 5 N–H and O–H groups in total. The van der Waals surface area contributed by atoms with Crippen molar-refractivity contribution >= 4 is 97.4 Å². The van der Waals surface area contributed by atoms with Crippen LogP contribution in [0.25, 0.3) is 0 Å². The normalized spacial score (nSPS) is 12.3. The van der Waals surface area contributed by atoms with Crippen LogP contribution in [0, 0.1) is 10.7 Å². The molecule has 0 radical (unpaired) electrons. The maximum atomic E-state index is 11.1. The summed E-state index contributed by atoms with van der Waals surface area (Å²) in [6, 6.07) is 3.81. The number of primary amides is 1. The second kappa shape index (κ2) is 16.5. The number of benzene rings is 1. The van der Waals surface area contributed by atoms with Gasteiger partial charge >= 0.3 is 11.9 Å². The molecule has 0 aliphatic carbocycles. The van der Waals surface area contributed by atoms with Crippen LogP contribution in [0.15, 0.2) is 12.1 Å². The Labute approximate surface area is 224 Å². The first kappa shape index (κ1) is 30.9. The van der Waals surface area contributed by atoms with Gasteiger partial charge in [-0.25, -0.2) is 4.79 Å². The Morgan fingerprint density at radius 3 is 1.97 bits per heavy atom. The molecule has 3 amide bonds. The number of nitrogens with zero attached hydrogens (tertiary/aromatic N) is 1. The van der Waals surface area contributed by atoms with Crippen LogP contribution >= 0.6 is 67.8 Å². The molecule has 0 saturated carbocycles. The Balaban J connectivity index is 0.000000529. The van der Waals surface area contributed by atoms with Crippen molar-refractivity contribution in [1.82, 2.24) is 5.06 Å². The molecule has 1 fully saturated rings. The summed E-state index contributed by atoms with van der Waals surface area (Å²) in [7, 11) is 0. The van der Waals surface area contributed by atoms with Gasteiger partial charge in [-0.2, -0.15) is 0 Å². The molecule has 1 aromatic carbocycles. The molecule has 0 atom stereocenters. The number of carbonyl (C=O) groups excluding carboxylic acids is 4. The van der Waals surface area contributed by atoms with Gasteiger partial charge in [-0.15, -0.1) is 5.06 Å². The molecule has 1 saturated heterocycles. The number of aliphatic hydroxyl groups excluding tert-OH is 2. The van der Waals surface area contributed by atoms with Crippen LogP contribution in [0.3, 0.4) is 0 Å². The number of hydrogen-bond acceptors (Lipinski definition) is 8. The van der Waals surface area contributed by atoms with E-state index in [0.29, 0.717) is 10.6 Å². The molecule has 1 heterocycles. The Kier molecular flexibility index (Phi) is 15.9. The summed E-state index contributed by atoms with van der Waals surface area (Å²) in [4.78, 5) is 58.8. The van der Waals surface area contributed by atoms with Crippen molar-refractivity contribution in [2.24, 2.45) is 5.73 Å². The molecule has 178 valence electrons. The summed E-state index contributed by atoms with van der Waals surface area (Å²) in [6.07, 6.45) is -0.0901. The van der Waals surface area contributed by atoms with Crippen LogP contribution in [0.1, 0.15) is 42.5 Å². The Bertz CT molecular complexity index is 831. The number of aliphatic hydroxyl groups is 2. The van der Waals surface area contributed by atoms with Crippen molar-refractivity contribution in [2.45, 2.75) is 32.1 Å². The van der Waals surface area contributed by atoms with Gasteiger partial charge in [-0.1, -0.05) is 0 Å². The highest BCUT2D eigenvalue weighted by molar-refractivity contribution is 14.1. The third-order valence-corrected chi connectivity index (χ3v) is 7.00. The minimum Gasteiger partial charge on any atom is -0.481 e. The zero-order chi connectivity index (χ0) is 24.8. The zero-order valence-electron chi connectivity index (χ0n) is 16.6. The molecule has 1 aliphatic rings. The Morgan fingerprint density at radius 1 is 1.00 bits per heavy atom. The highest BCUT2D eigenvalue weighted by Crippen LogP contribution is 2.22. The van der Waals surface area contributed by atoms with Crippen molar-refractivity contribution in [1.29, 1.82) is 0 Å². The number of halogens is 3. The van der Waals surface area contributed by atoms with Gasteiger partial charge in [0.15, 0.2) is 0 Å². The number of carbonyl (C=O) groups is 5. The van der Waals surface area contributed by atoms with Crippen LogP contribution in [-0.2, 0) is 24.0 Å². The summed E-state index contributed by atoms with van der Waals surface area (Å²) in [5, 5.41) is 24.0. The molecule has 0 unspecified atom stereocenters. The summed E-state index contributed by atoms with van der Waals surface area (Å²) in [5.41, 5.74) is 5.81. The van der Waals surface area contributed by atoms with E-state index in [0.717, 1.165) is 10.7 Å². The smallest absolute Gasteiger partial charge is 0.333 e. The van der Waals surface area contributed by atoms with E-state index in [2.05, 4.69) is 72.6 Å². The maximum Gasteiger partial charge on any atom is 0.333 e. The van der Waals surface area contributed by atoms with E-state index in [1.807, 2.05) is 6.07 Å². The molecule has 2 rings (SSSR count). The molecule has 0 aromatic heterocycles. The molecule has 0 spiro atoms. The average molecular weight is 790 g/mol. The Hall–Kier alpha value is -1.12. The van der Waals surface area contributed by atoms with Gasteiger partial charge in [0.05, 0.1) is 18.8 Å². The number of rotatable bonds is 7. The van der Waals surface area contributed by atoms with Gasteiger partial charge in [-0.3, -0.25) is 19.2 Å². The maximum absolute atomic E-state index is 11.1. The van der Waals surface area contributed by atoms with Crippen molar-refractivity contribution < 1.29 is 44.1 Å². The molecular formula is C18H21I3N2O9. The van der Waals surface area contributed by atoms with Gasteiger partial charge in [0.1, 0.15) is 0 Å². The largest absolute Gasteiger partial charge is 0.481 e. The first-order chi connectivity index (χ1) is 14.9. The minimum absolute atomic E-state index is 0.0429. The summed E-state index contributed by atoms with van der Waals surface area (Å²) in [6.45, 7) is -0.250. The lowest BCUT2D eigenvalue weighted by atomic mass is 10.2. The monoisotopic (exact) mass is 790 g/mol. The predicted octanol–water partition coefficient (Wildman–Crippen LogP) is 1.42. The van der Waals surface area contributed by atoms with E-state index in [-0.39, 0.29) is 51.2 Å². The number of amides is 3. The van der Waals surface area contributed by atoms with Gasteiger partial charge in [0.2, 0.25) is 5.91 Å². The van der Waals surface area contributed by atoms with Gasteiger partial charge in [0, 0.05) is 36.4 Å². The number of hydroxylamine groups is 2. The zero-order valence-corrected chi connectivity index (χ0v) is 23.0. The van der Waals surface area contributed by atoms with Crippen molar-refractivity contribution in [3.63, 3.8) is 0 Å².